The van der Waals surface area contributed by atoms with Gasteiger partial charge in [-0.2, -0.15) is 11.3 Å². The molecule has 0 aliphatic heterocycles. The van der Waals surface area contributed by atoms with E-state index in [0.717, 1.165) is 17.7 Å². The van der Waals surface area contributed by atoms with Gasteiger partial charge >= 0.3 is 6.03 Å². The van der Waals surface area contributed by atoms with E-state index in [4.69, 9.17) is 0 Å². The average Bonchev–Trinajstić information content (AvgIpc) is 3.05. The van der Waals surface area contributed by atoms with Crippen molar-refractivity contribution in [1.82, 2.24) is 15.5 Å². The Morgan fingerprint density at radius 1 is 1.26 bits per heavy atom. The van der Waals surface area contributed by atoms with Crippen LogP contribution < -0.4 is 10.6 Å². The van der Waals surface area contributed by atoms with Crippen LogP contribution in [0.1, 0.15) is 22.8 Å². The highest BCUT2D eigenvalue weighted by molar-refractivity contribution is 7.07. The maximum atomic E-state index is 11.8. The number of carbonyl (C=O) groups excluding carboxylic acids is 1. The van der Waals surface area contributed by atoms with Crippen molar-refractivity contribution in [3.63, 3.8) is 0 Å². The Morgan fingerprint density at radius 2 is 2.04 bits per heavy atom. The third kappa shape index (κ3) is 6.02. The van der Waals surface area contributed by atoms with Crippen molar-refractivity contribution in [2.75, 3.05) is 20.6 Å². The van der Waals surface area contributed by atoms with Gasteiger partial charge in [-0.1, -0.05) is 24.3 Å². The first kappa shape index (κ1) is 17.5. The Balaban J connectivity index is 1.76. The van der Waals surface area contributed by atoms with Gasteiger partial charge in [0.2, 0.25) is 0 Å². The number of aliphatic hydroxyl groups excluding tert-OH is 1. The molecule has 0 saturated carbocycles. The van der Waals surface area contributed by atoms with Crippen molar-refractivity contribution in [1.29, 1.82) is 0 Å². The number of aliphatic hydroxyl groups is 1. The van der Waals surface area contributed by atoms with Crippen LogP contribution in [0.25, 0.3) is 0 Å². The van der Waals surface area contributed by atoms with Crippen LogP contribution in [0.5, 0.6) is 0 Å². The Bertz CT molecular complexity index is 614. The maximum Gasteiger partial charge on any atom is 0.315 e. The van der Waals surface area contributed by atoms with Crippen molar-refractivity contribution in [2.45, 2.75) is 19.2 Å². The summed E-state index contributed by atoms with van der Waals surface area (Å²) in [6, 6.07) is 9.71. The molecule has 1 heterocycles. The number of carbonyl (C=O) groups is 1. The number of hydrogen-bond donors (Lipinski definition) is 3. The quantitative estimate of drug-likeness (QED) is 0.729. The molecule has 1 aromatic carbocycles. The van der Waals surface area contributed by atoms with Crippen LogP contribution in [0.4, 0.5) is 4.79 Å². The van der Waals surface area contributed by atoms with E-state index >= 15 is 0 Å². The van der Waals surface area contributed by atoms with E-state index in [-0.39, 0.29) is 12.6 Å². The normalized spacial score (nSPS) is 12.2. The van der Waals surface area contributed by atoms with E-state index in [0.29, 0.717) is 6.54 Å². The zero-order valence-electron chi connectivity index (χ0n) is 13.5. The highest BCUT2D eigenvalue weighted by atomic mass is 32.1. The fourth-order valence-electron chi connectivity index (χ4n) is 2.22. The Labute approximate surface area is 140 Å². The number of amides is 2. The second kappa shape index (κ2) is 8.67. The first-order valence-corrected chi connectivity index (χ1v) is 8.43. The summed E-state index contributed by atoms with van der Waals surface area (Å²) < 4.78 is 0. The lowest BCUT2D eigenvalue weighted by Gasteiger charge is -2.13. The molecule has 0 aliphatic rings. The lowest BCUT2D eigenvalue weighted by molar-refractivity contribution is 0.173. The molecule has 0 radical (unpaired) electrons. The van der Waals surface area contributed by atoms with E-state index < -0.39 is 6.10 Å². The average molecular weight is 333 g/mol. The summed E-state index contributed by atoms with van der Waals surface area (Å²) in [6.07, 6.45) is -0.671. The van der Waals surface area contributed by atoms with Gasteiger partial charge in [0.15, 0.2) is 0 Å². The van der Waals surface area contributed by atoms with Crippen molar-refractivity contribution in [3.05, 3.63) is 57.8 Å². The topological polar surface area (TPSA) is 64.6 Å². The predicted molar refractivity (Wildman–Crippen MR) is 93.4 cm³/mol. The maximum absolute atomic E-state index is 11.8. The molecule has 2 aromatic rings. The van der Waals surface area contributed by atoms with Gasteiger partial charge in [0.1, 0.15) is 0 Å². The zero-order chi connectivity index (χ0) is 16.7. The molecule has 5 nitrogen and oxygen atoms in total. The molecule has 0 fully saturated rings. The molecule has 0 saturated heterocycles. The molecule has 0 aliphatic carbocycles. The van der Waals surface area contributed by atoms with Crippen LogP contribution >= 0.6 is 11.3 Å². The molecule has 1 aromatic heterocycles. The monoisotopic (exact) mass is 333 g/mol. The molecule has 1 atom stereocenters. The van der Waals surface area contributed by atoms with E-state index in [9.17, 15) is 9.90 Å². The molecule has 0 bridgehead atoms. The van der Waals surface area contributed by atoms with Crippen molar-refractivity contribution < 1.29 is 9.90 Å². The first-order chi connectivity index (χ1) is 11.0. The standard InChI is InChI=1S/C17H23N3O2S/c1-20(2)11-14-5-3-4-13(8-14)9-18-17(22)19-10-16(21)15-6-7-23-12-15/h3-8,12,16,21H,9-11H2,1-2H3,(H2,18,19,22). The summed E-state index contributed by atoms with van der Waals surface area (Å²) in [5.74, 6) is 0. The number of nitrogens with one attached hydrogen (secondary N) is 2. The summed E-state index contributed by atoms with van der Waals surface area (Å²) in [4.78, 5) is 13.9. The van der Waals surface area contributed by atoms with Crippen LogP contribution in [-0.4, -0.2) is 36.7 Å². The fourth-order valence-corrected chi connectivity index (χ4v) is 2.93. The largest absolute Gasteiger partial charge is 0.387 e. The third-order valence-electron chi connectivity index (χ3n) is 3.33. The molecule has 124 valence electrons. The minimum Gasteiger partial charge on any atom is -0.387 e. The number of benzene rings is 1. The number of hydrogen-bond acceptors (Lipinski definition) is 4. The second-order valence-corrected chi connectivity index (χ2v) is 6.47. The van der Waals surface area contributed by atoms with Crippen LogP contribution in [0.3, 0.4) is 0 Å². The van der Waals surface area contributed by atoms with Gasteiger partial charge in [0.25, 0.3) is 0 Å². The summed E-state index contributed by atoms with van der Waals surface area (Å²) in [5, 5.41) is 19.2. The van der Waals surface area contributed by atoms with Gasteiger partial charge in [0.05, 0.1) is 6.10 Å². The highest BCUT2D eigenvalue weighted by Gasteiger charge is 2.09. The SMILES string of the molecule is CN(C)Cc1cccc(CNC(=O)NCC(O)c2ccsc2)c1. The summed E-state index contributed by atoms with van der Waals surface area (Å²) >= 11 is 1.52. The van der Waals surface area contributed by atoms with Gasteiger partial charge in [0, 0.05) is 19.6 Å². The Hall–Kier alpha value is -1.89. The van der Waals surface area contributed by atoms with Crippen molar-refractivity contribution in [2.24, 2.45) is 0 Å². The molecule has 0 spiro atoms. The van der Waals surface area contributed by atoms with Crippen LogP contribution in [0, 0.1) is 0 Å². The molecule has 2 amide bonds. The van der Waals surface area contributed by atoms with E-state index in [1.165, 1.54) is 16.9 Å². The summed E-state index contributed by atoms with van der Waals surface area (Å²) in [5.41, 5.74) is 3.09. The number of urea groups is 1. The predicted octanol–water partition coefficient (Wildman–Crippen LogP) is 2.34. The zero-order valence-corrected chi connectivity index (χ0v) is 14.3. The Morgan fingerprint density at radius 3 is 2.74 bits per heavy atom. The fraction of sp³-hybridized carbons (Fsp3) is 0.353. The minimum atomic E-state index is -0.671. The highest BCUT2D eigenvalue weighted by Crippen LogP contribution is 2.14. The number of rotatable bonds is 7. The van der Waals surface area contributed by atoms with Gasteiger partial charge in [-0.05, 0) is 47.6 Å². The summed E-state index contributed by atoms with van der Waals surface area (Å²) in [7, 11) is 4.05. The molecular weight excluding hydrogens is 310 g/mol. The lowest BCUT2D eigenvalue weighted by atomic mass is 10.1. The molecule has 23 heavy (non-hydrogen) atoms. The number of nitrogens with zero attached hydrogens (tertiary/aromatic N) is 1. The smallest absolute Gasteiger partial charge is 0.315 e. The van der Waals surface area contributed by atoms with Crippen LogP contribution in [0.15, 0.2) is 41.1 Å². The minimum absolute atomic E-state index is 0.198. The van der Waals surface area contributed by atoms with E-state index in [1.807, 2.05) is 43.1 Å². The molecule has 2 rings (SSSR count). The van der Waals surface area contributed by atoms with Gasteiger partial charge < -0.3 is 20.6 Å². The van der Waals surface area contributed by atoms with Crippen LogP contribution in [-0.2, 0) is 13.1 Å². The van der Waals surface area contributed by atoms with Gasteiger partial charge in [-0.15, -0.1) is 0 Å². The van der Waals surface area contributed by atoms with Crippen molar-refractivity contribution >= 4 is 17.4 Å². The molecule has 6 heteroatoms. The number of thiophene rings is 1. The van der Waals surface area contributed by atoms with E-state index in [2.05, 4.69) is 27.7 Å². The van der Waals surface area contributed by atoms with Gasteiger partial charge in [-0.3, -0.25) is 0 Å². The third-order valence-corrected chi connectivity index (χ3v) is 4.03. The molecular formula is C17H23N3O2S. The van der Waals surface area contributed by atoms with E-state index in [1.54, 1.807) is 0 Å². The first-order valence-electron chi connectivity index (χ1n) is 7.49. The second-order valence-electron chi connectivity index (χ2n) is 5.69. The van der Waals surface area contributed by atoms with Crippen molar-refractivity contribution in [3.8, 4) is 0 Å². The Kier molecular flexibility index (Phi) is 6.58. The molecule has 1 unspecified atom stereocenters. The molecule has 3 N–H and O–H groups in total. The lowest BCUT2D eigenvalue weighted by Crippen LogP contribution is -2.37. The van der Waals surface area contributed by atoms with Crippen LogP contribution in [0.2, 0.25) is 0 Å². The van der Waals surface area contributed by atoms with Gasteiger partial charge in [-0.25, -0.2) is 4.79 Å². The summed E-state index contributed by atoms with van der Waals surface area (Å²) in [6.45, 7) is 1.53.